The van der Waals surface area contributed by atoms with Crippen molar-refractivity contribution in [2.75, 3.05) is 12.9 Å². The fourth-order valence-corrected chi connectivity index (χ4v) is 3.99. The monoisotopic (exact) mass is 362 g/mol. The van der Waals surface area contributed by atoms with Gasteiger partial charge in [0.15, 0.2) is 9.84 Å². The van der Waals surface area contributed by atoms with Gasteiger partial charge in [-0.1, -0.05) is 30.6 Å². The highest BCUT2D eigenvalue weighted by molar-refractivity contribution is 7.91. The highest BCUT2D eigenvalue weighted by atomic mass is 32.2. The summed E-state index contributed by atoms with van der Waals surface area (Å²) in [7, 11) is -2.15. The van der Waals surface area contributed by atoms with Crippen molar-refractivity contribution in [3.05, 3.63) is 29.3 Å². The molecule has 0 saturated carbocycles. The van der Waals surface area contributed by atoms with Gasteiger partial charge in [-0.2, -0.15) is 0 Å². The predicted octanol–water partition coefficient (Wildman–Crippen LogP) is 1.53. The van der Waals surface area contributed by atoms with E-state index in [0.717, 1.165) is 11.1 Å². The lowest BCUT2D eigenvalue weighted by Gasteiger charge is -2.30. The number of carbonyl (C=O) groups is 1. The van der Waals surface area contributed by atoms with Crippen molar-refractivity contribution in [3.63, 3.8) is 0 Å². The number of benzene rings is 1. The van der Waals surface area contributed by atoms with E-state index in [9.17, 15) is 13.2 Å². The van der Waals surface area contributed by atoms with Crippen molar-refractivity contribution in [3.8, 4) is 18.1 Å². The number of rotatable bonds is 5. The Labute approximate surface area is 148 Å². The standard InChI is InChI=1S/C18H22N2O4S/c1-5-8-25(22,23)16-7-6-14(11-15(16)24-4)9-12(2)18-13(3)10-17(21)19-20-18/h1,6-7,9,11,13,18,20H,8,10H2,2-4H3,(H,19,21)/b12-9+. The van der Waals surface area contributed by atoms with Crippen LogP contribution in [0.3, 0.4) is 0 Å². The number of carbonyl (C=O) groups excluding carboxylic acids is 1. The molecule has 7 heteroatoms. The number of sulfone groups is 1. The summed E-state index contributed by atoms with van der Waals surface area (Å²) < 4.78 is 29.6. The molecular formula is C18H22N2O4S. The minimum Gasteiger partial charge on any atom is -0.495 e. The maximum atomic E-state index is 12.2. The second-order valence-corrected chi connectivity index (χ2v) is 8.07. The molecule has 1 amide bonds. The summed E-state index contributed by atoms with van der Waals surface area (Å²) in [4.78, 5) is 11.5. The lowest BCUT2D eigenvalue weighted by molar-refractivity contribution is -0.125. The normalized spacial score (nSPS) is 21.4. The van der Waals surface area contributed by atoms with Crippen LogP contribution in [0, 0.1) is 18.3 Å². The van der Waals surface area contributed by atoms with Crippen LogP contribution in [0.4, 0.5) is 0 Å². The van der Waals surface area contributed by atoms with E-state index >= 15 is 0 Å². The van der Waals surface area contributed by atoms with E-state index in [4.69, 9.17) is 11.2 Å². The molecular weight excluding hydrogens is 340 g/mol. The molecule has 134 valence electrons. The third-order valence-electron chi connectivity index (χ3n) is 4.12. The molecule has 0 radical (unpaired) electrons. The maximum Gasteiger partial charge on any atom is 0.234 e. The fourth-order valence-electron chi connectivity index (χ4n) is 2.90. The Bertz CT molecular complexity index is 837. The Hall–Kier alpha value is -2.30. The second-order valence-electron chi connectivity index (χ2n) is 6.11. The molecule has 0 spiro atoms. The smallest absolute Gasteiger partial charge is 0.234 e. The first kappa shape index (κ1) is 19.0. The van der Waals surface area contributed by atoms with E-state index in [2.05, 4.69) is 16.8 Å². The Morgan fingerprint density at radius 3 is 2.80 bits per heavy atom. The Kier molecular flexibility index (Phi) is 5.88. The summed E-state index contributed by atoms with van der Waals surface area (Å²) in [5.41, 5.74) is 7.47. The molecule has 1 aliphatic heterocycles. The first-order valence-corrected chi connectivity index (χ1v) is 9.50. The molecule has 2 rings (SSSR count). The molecule has 1 aromatic carbocycles. The van der Waals surface area contributed by atoms with Crippen LogP contribution >= 0.6 is 0 Å². The zero-order valence-corrected chi connectivity index (χ0v) is 15.3. The van der Waals surface area contributed by atoms with Gasteiger partial charge in [-0.05, 0) is 30.5 Å². The molecule has 6 nitrogen and oxygen atoms in total. The molecule has 1 saturated heterocycles. The van der Waals surface area contributed by atoms with Gasteiger partial charge in [0.05, 0.1) is 13.2 Å². The largest absolute Gasteiger partial charge is 0.495 e. The van der Waals surface area contributed by atoms with E-state index < -0.39 is 9.84 Å². The fraction of sp³-hybridized carbons (Fsp3) is 0.389. The number of ether oxygens (including phenoxy) is 1. The van der Waals surface area contributed by atoms with Gasteiger partial charge in [0.2, 0.25) is 5.91 Å². The van der Waals surface area contributed by atoms with Crippen molar-refractivity contribution in [2.24, 2.45) is 5.92 Å². The average molecular weight is 362 g/mol. The first-order valence-electron chi connectivity index (χ1n) is 7.85. The molecule has 1 aliphatic rings. The SMILES string of the molecule is C#CCS(=O)(=O)c1ccc(/C=C(\C)C2NNC(=O)CC2C)cc1OC. The average Bonchev–Trinajstić information content (AvgIpc) is 2.54. The molecule has 0 aliphatic carbocycles. The number of hydrogen-bond donors (Lipinski definition) is 2. The summed E-state index contributed by atoms with van der Waals surface area (Å²) in [6.45, 7) is 3.96. The van der Waals surface area contributed by atoms with Gasteiger partial charge in [-0.3, -0.25) is 10.2 Å². The Balaban J connectivity index is 2.32. The summed E-state index contributed by atoms with van der Waals surface area (Å²) in [5, 5.41) is 0. The van der Waals surface area contributed by atoms with Crippen LogP contribution in [0.25, 0.3) is 6.08 Å². The van der Waals surface area contributed by atoms with Crippen molar-refractivity contribution < 1.29 is 17.9 Å². The summed E-state index contributed by atoms with van der Waals surface area (Å²) >= 11 is 0. The van der Waals surface area contributed by atoms with E-state index in [1.165, 1.54) is 13.2 Å². The topological polar surface area (TPSA) is 84.5 Å². The number of nitrogens with one attached hydrogen (secondary N) is 2. The molecule has 2 atom stereocenters. The second kappa shape index (κ2) is 7.72. The molecule has 25 heavy (non-hydrogen) atoms. The summed E-state index contributed by atoms with van der Waals surface area (Å²) in [6, 6.07) is 4.89. The van der Waals surface area contributed by atoms with Gasteiger partial charge in [0.25, 0.3) is 0 Å². The van der Waals surface area contributed by atoms with E-state index in [1.54, 1.807) is 12.1 Å². The quantitative estimate of drug-likeness (QED) is 0.776. The van der Waals surface area contributed by atoms with Gasteiger partial charge in [0, 0.05) is 6.42 Å². The van der Waals surface area contributed by atoms with Crippen molar-refractivity contribution in [2.45, 2.75) is 31.2 Å². The summed E-state index contributed by atoms with van der Waals surface area (Å²) in [6.07, 6.45) is 7.52. The van der Waals surface area contributed by atoms with Crippen molar-refractivity contribution in [1.82, 2.24) is 10.9 Å². The van der Waals surface area contributed by atoms with Crippen LogP contribution in [0.5, 0.6) is 5.75 Å². The molecule has 2 unspecified atom stereocenters. The lowest BCUT2D eigenvalue weighted by Crippen LogP contribution is -2.53. The highest BCUT2D eigenvalue weighted by Crippen LogP contribution is 2.28. The van der Waals surface area contributed by atoms with E-state index in [-0.39, 0.29) is 34.3 Å². The van der Waals surface area contributed by atoms with Crippen LogP contribution in [0.2, 0.25) is 0 Å². The summed E-state index contributed by atoms with van der Waals surface area (Å²) in [5.74, 6) is 2.17. The number of hydrazine groups is 1. The first-order chi connectivity index (χ1) is 11.8. The van der Waals surface area contributed by atoms with Crippen molar-refractivity contribution >= 4 is 21.8 Å². The minimum absolute atomic E-state index is 0.00791. The van der Waals surface area contributed by atoms with Crippen LogP contribution in [0.15, 0.2) is 28.7 Å². The van der Waals surface area contributed by atoms with E-state index in [0.29, 0.717) is 6.42 Å². The zero-order chi connectivity index (χ0) is 18.6. The lowest BCUT2D eigenvalue weighted by atomic mass is 9.90. The van der Waals surface area contributed by atoms with Gasteiger partial charge in [-0.25, -0.2) is 13.8 Å². The molecule has 1 heterocycles. The third-order valence-corrected chi connectivity index (χ3v) is 5.68. The van der Waals surface area contributed by atoms with Gasteiger partial charge in [0.1, 0.15) is 16.4 Å². The van der Waals surface area contributed by atoms with Crippen LogP contribution in [0.1, 0.15) is 25.8 Å². The van der Waals surface area contributed by atoms with Crippen LogP contribution in [-0.4, -0.2) is 33.2 Å². The molecule has 2 N–H and O–H groups in total. The van der Waals surface area contributed by atoms with E-state index in [1.807, 2.05) is 19.9 Å². The Morgan fingerprint density at radius 1 is 1.48 bits per heavy atom. The minimum atomic E-state index is -3.58. The predicted molar refractivity (Wildman–Crippen MR) is 96.4 cm³/mol. The molecule has 0 aromatic heterocycles. The zero-order valence-electron chi connectivity index (χ0n) is 14.5. The van der Waals surface area contributed by atoms with Gasteiger partial charge < -0.3 is 4.74 Å². The third kappa shape index (κ3) is 4.41. The van der Waals surface area contributed by atoms with Gasteiger partial charge >= 0.3 is 0 Å². The maximum absolute atomic E-state index is 12.2. The number of amides is 1. The molecule has 1 aromatic rings. The number of methoxy groups -OCH3 is 1. The van der Waals surface area contributed by atoms with Crippen LogP contribution < -0.4 is 15.6 Å². The highest BCUT2D eigenvalue weighted by Gasteiger charge is 2.26. The Morgan fingerprint density at radius 2 is 2.20 bits per heavy atom. The molecule has 1 fully saturated rings. The van der Waals surface area contributed by atoms with Crippen LogP contribution in [-0.2, 0) is 14.6 Å². The van der Waals surface area contributed by atoms with Crippen molar-refractivity contribution in [1.29, 1.82) is 0 Å². The number of hydrogen-bond acceptors (Lipinski definition) is 5. The number of terminal acetylenes is 1. The molecule has 0 bridgehead atoms. The van der Waals surface area contributed by atoms with Gasteiger partial charge in [-0.15, -0.1) is 6.42 Å².